The number of halogens is 2. The fraction of sp³-hybridized carbons (Fsp3) is 0.333. The minimum atomic E-state index is -0.201. The minimum absolute atomic E-state index is 0.143. The summed E-state index contributed by atoms with van der Waals surface area (Å²) in [7, 11) is 0. The molecule has 0 spiro atoms. The lowest BCUT2D eigenvalue weighted by Gasteiger charge is -2.28. The SMILES string of the molecule is Cc1nn(Cc2ccccc2Cl)c(Cl)c1C(=O)NCC(c1ccccc1)N1CCCC1. The molecule has 4 rings (SSSR count). The molecule has 162 valence electrons. The fourth-order valence-corrected chi connectivity index (χ4v) is 4.68. The van der Waals surface area contributed by atoms with E-state index in [-0.39, 0.29) is 11.9 Å². The van der Waals surface area contributed by atoms with Crippen LogP contribution in [0.3, 0.4) is 0 Å². The highest BCUT2D eigenvalue weighted by atomic mass is 35.5. The number of amides is 1. The van der Waals surface area contributed by atoms with Gasteiger partial charge in [-0.15, -0.1) is 0 Å². The Bertz CT molecular complexity index is 1040. The largest absolute Gasteiger partial charge is 0.350 e. The molecule has 1 saturated heterocycles. The molecule has 2 aromatic carbocycles. The summed E-state index contributed by atoms with van der Waals surface area (Å²) in [5.74, 6) is -0.201. The van der Waals surface area contributed by atoms with Gasteiger partial charge < -0.3 is 5.32 Å². The lowest BCUT2D eigenvalue weighted by Crippen LogP contribution is -2.37. The van der Waals surface area contributed by atoms with E-state index in [1.54, 1.807) is 11.6 Å². The van der Waals surface area contributed by atoms with E-state index in [0.29, 0.717) is 34.5 Å². The predicted octanol–water partition coefficient (Wildman–Crippen LogP) is 5.11. The Labute approximate surface area is 193 Å². The molecule has 1 fully saturated rings. The van der Waals surface area contributed by atoms with Crippen LogP contribution in [0.4, 0.5) is 0 Å². The van der Waals surface area contributed by atoms with Crippen molar-refractivity contribution in [3.63, 3.8) is 0 Å². The smallest absolute Gasteiger partial charge is 0.256 e. The molecule has 0 radical (unpaired) electrons. The molecule has 0 saturated carbocycles. The van der Waals surface area contributed by atoms with Crippen LogP contribution in [0.15, 0.2) is 54.6 Å². The monoisotopic (exact) mass is 456 g/mol. The second kappa shape index (κ2) is 9.86. The number of hydrogen-bond acceptors (Lipinski definition) is 3. The highest BCUT2D eigenvalue weighted by Gasteiger charge is 2.26. The average Bonchev–Trinajstić information content (AvgIpc) is 3.39. The van der Waals surface area contributed by atoms with E-state index >= 15 is 0 Å². The summed E-state index contributed by atoms with van der Waals surface area (Å²) in [5.41, 5.74) is 3.13. The molecule has 3 aromatic rings. The van der Waals surface area contributed by atoms with Gasteiger partial charge in [-0.1, -0.05) is 71.7 Å². The maximum atomic E-state index is 13.1. The zero-order valence-corrected chi connectivity index (χ0v) is 19.0. The number of aromatic nitrogens is 2. The van der Waals surface area contributed by atoms with Crippen molar-refractivity contribution in [3.05, 3.63) is 87.2 Å². The highest BCUT2D eigenvalue weighted by molar-refractivity contribution is 6.33. The Hall–Kier alpha value is -2.34. The van der Waals surface area contributed by atoms with Crippen molar-refractivity contribution >= 4 is 29.1 Å². The molecule has 7 heteroatoms. The lowest BCUT2D eigenvalue weighted by molar-refractivity contribution is 0.0937. The molecule has 31 heavy (non-hydrogen) atoms. The number of benzene rings is 2. The van der Waals surface area contributed by atoms with E-state index in [4.69, 9.17) is 23.2 Å². The Kier molecular flexibility index (Phi) is 6.96. The van der Waals surface area contributed by atoms with Gasteiger partial charge in [-0.05, 0) is 50.0 Å². The number of nitrogens with zero attached hydrogens (tertiary/aromatic N) is 3. The van der Waals surface area contributed by atoms with Crippen molar-refractivity contribution < 1.29 is 4.79 Å². The summed E-state index contributed by atoms with van der Waals surface area (Å²) in [6.45, 7) is 4.83. The third kappa shape index (κ3) is 4.95. The van der Waals surface area contributed by atoms with Gasteiger partial charge in [0.25, 0.3) is 5.91 Å². The normalized spacial score (nSPS) is 15.2. The summed E-state index contributed by atoms with van der Waals surface area (Å²) in [6, 6.07) is 18.0. The molecule has 2 heterocycles. The van der Waals surface area contributed by atoms with Gasteiger partial charge in [-0.3, -0.25) is 9.69 Å². The molecule has 1 unspecified atom stereocenters. The Morgan fingerprint density at radius 1 is 1.06 bits per heavy atom. The number of likely N-dealkylation sites (tertiary alicyclic amines) is 1. The highest BCUT2D eigenvalue weighted by Crippen LogP contribution is 2.26. The summed E-state index contributed by atoms with van der Waals surface area (Å²) in [6.07, 6.45) is 2.38. The van der Waals surface area contributed by atoms with Crippen LogP contribution in [0.5, 0.6) is 0 Å². The van der Waals surface area contributed by atoms with E-state index in [0.717, 1.165) is 18.7 Å². The van der Waals surface area contributed by atoms with Crippen molar-refractivity contribution in [1.29, 1.82) is 0 Å². The first-order chi connectivity index (χ1) is 15.0. The summed E-state index contributed by atoms with van der Waals surface area (Å²) < 4.78 is 1.63. The van der Waals surface area contributed by atoms with E-state index in [9.17, 15) is 4.79 Å². The standard InChI is InChI=1S/C24H26Cl2N4O/c1-17-22(23(26)30(28-17)16-19-11-5-6-12-20(19)25)24(31)27-15-21(29-13-7-8-14-29)18-9-3-2-4-10-18/h2-6,9-12,21H,7-8,13-16H2,1H3,(H,27,31). The Morgan fingerprint density at radius 3 is 2.45 bits per heavy atom. The van der Waals surface area contributed by atoms with Gasteiger partial charge in [0.2, 0.25) is 0 Å². The maximum Gasteiger partial charge on any atom is 0.256 e. The number of aryl methyl sites for hydroxylation is 1. The van der Waals surface area contributed by atoms with Crippen molar-refractivity contribution in [1.82, 2.24) is 20.0 Å². The second-order valence-electron chi connectivity index (χ2n) is 7.88. The van der Waals surface area contributed by atoms with Gasteiger partial charge in [0.05, 0.1) is 23.8 Å². The second-order valence-corrected chi connectivity index (χ2v) is 8.65. The maximum absolute atomic E-state index is 13.1. The minimum Gasteiger partial charge on any atom is -0.350 e. The zero-order chi connectivity index (χ0) is 21.8. The number of carbonyl (C=O) groups is 1. The molecule has 0 bridgehead atoms. The van der Waals surface area contributed by atoms with Crippen LogP contribution in [0, 0.1) is 6.92 Å². The summed E-state index contributed by atoms with van der Waals surface area (Å²) >= 11 is 12.8. The van der Waals surface area contributed by atoms with Gasteiger partial charge in [0, 0.05) is 11.6 Å². The lowest BCUT2D eigenvalue weighted by atomic mass is 10.1. The van der Waals surface area contributed by atoms with Crippen LogP contribution in [0.25, 0.3) is 0 Å². The molecular weight excluding hydrogens is 431 g/mol. The molecule has 0 aliphatic carbocycles. The molecule has 1 aliphatic heterocycles. The van der Waals surface area contributed by atoms with Crippen LogP contribution >= 0.6 is 23.2 Å². The van der Waals surface area contributed by atoms with Crippen LogP contribution in [0.2, 0.25) is 10.2 Å². The average molecular weight is 457 g/mol. The number of rotatable bonds is 7. The van der Waals surface area contributed by atoms with Gasteiger partial charge in [0.15, 0.2) is 0 Å². The van der Waals surface area contributed by atoms with Crippen LogP contribution in [0.1, 0.15) is 46.1 Å². The van der Waals surface area contributed by atoms with Gasteiger partial charge in [-0.2, -0.15) is 5.10 Å². The molecule has 1 atom stereocenters. The quantitative estimate of drug-likeness (QED) is 0.536. The van der Waals surface area contributed by atoms with Crippen molar-refractivity contribution in [2.75, 3.05) is 19.6 Å². The van der Waals surface area contributed by atoms with E-state index in [2.05, 4.69) is 27.4 Å². The first-order valence-electron chi connectivity index (χ1n) is 10.6. The topological polar surface area (TPSA) is 50.2 Å². The molecule has 5 nitrogen and oxygen atoms in total. The van der Waals surface area contributed by atoms with E-state index < -0.39 is 0 Å². The Balaban J connectivity index is 1.50. The molecule has 1 aliphatic rings. The van der Waals surface area contributed by atoms with Crippen LogP contribution in [-0.2, 0) is 6.54 Å². The van der Waals surface area contributed by atoms with Crippen molar-refractivity contribution in [2.45, 2.75) is 32.4 Å². The molecular formula is C24H26Cl2N4O. The fourth-order valence-electron chi connectivity index (χ4n) is 4.17. The third-order valence-electron chi connectivity index (χ3n) is 5.79. The van der Waals surface area contributed by atoms with Crippen LogP contribution < -0.4 is 5.32 Å². The van der Waals surface area contributed by atoms with E-state index in [1.807, 2.05) is 42.5 Å². The van der Waals surface area contributed by atoms with Crippen molar-refractivity contribution in [3.8, 4) is 0 Å². The van der Waals surface area contributed by atoms with Gasteiger partial charge >= 0.3 is 0 Å². The Morgan fingerprint density at radius 2 is 1.74 bits per heavy atom. The summed E-state index contributed by atoms with van der Waals surface area (Å²) in [5, 5.41) is 8.56. The number of hydrogen-bond donors (Lipinski definition) is 1. The predicted molar refractivity (Wildman–Crippen MR) is 125 cm³/mol. The molecule has 1 aromatic heterocycles. The molecule has 1 amide bonds. The first kappa shape index (κ1) is 21.9. The number of carbonyl (C=O) groups excluding carboxylic acids is 1. The third-order valence-corrected chi connectivity index (χ3v) is 6.55. The zero-order valence-electron chi connectivity index (χ0n) is 17.5. The summed E-state index contributed by atoms with van der Waals surface area (Å²) in [4.78, 5) is 15.5. The molecule has 1 N–H and O–H groups in total. The number of nitrogens with one attached hydrogen (secondary N) is 1. The van der Waals surface area contributed by atoms with Crippen LogP contribution in [-0.4, -0.2) is 40.2 Å². The van der Waals surface area contributed by atoms with Crippen molar-refractivity contribution in [2.24, 2.45) is 0 Å². The van der Waals surface area contributed by atoms with E-state index in [1.165, 1.54) is 18.4 Å². The van der Waals surface area contributed by atoms with Gasteiger partial charge in [0.1, 0.15) is 5.15 Å². The first-order valence-corrected chi connectivity index (χ1v) is 11.3. The van der Waals surface area contributed by atoms with Gasteiger partial charge in [-0.25, -0.2) is 4.68 Å².